The van der Waals surface area contributed by atoms with Crippen molar-refractivity contribution >= 4 is 5.97 Å². The smallest absolute Gasteiger partial charge is 0.404 e. The minimum atomic E-state index is -4.49. The van der Waals surface area contributed by atoms with Crippen molar-refractivity contribution in [2.75, 3.05) is 7.05 Å². The SMILES string of the molecule is CNC(CC(=O)O)C(F)(F)F. The van der Waals surface area contributed by atoms with Crippen LogP contribution < -0.4 is 5.32 Å². The molecule has 0 radical (unpaired) electrons. The summed E-state index contributed by atoms with van der Waals surface area (Å²) < 4.78 is 35.3. The third-order valence-corrected chi connectivity index (χ3v) is 1.12. The van der Waals surface area contributed by atoms with Crippen molar-refractivity contribution in [1.29, 1.82) is 0 Å². The Balaban J connectivity index is 4.07. The molecule has 0 saturated carbocycles. The van der Waals surface area contributed by atoms with Crippen molar-refractivity contribution in [1.82, 2.24) is 5.32 Å². The van der Waals surface area contributed by atoms with Gasteiger partial charge in [0.15, 0.2) is 0 Å². The van der Waals surface area contributed by atoms with Crippen LogP contribution in [-0.2, 0) is 4.79 Å². The minimum absolute atomic E-state index is 0.944. The first-order valence-electron chi connectivity index (χ1n) is 2.83. The molecule has 0 aliphatic rings. The van der Waals surface area contributed by atoms with Crippen LogP contribution in [0, 0.1) is 0 Å². The molecule has 1 unspecified atom stereocenters. The van der Waals surface area contributed by atoms with Gasteiger partial charge in [-0.05, 0) is 7.05 Å². The van der Waals surface area contributed by atoms with Gasteiger partial charge in [0.1, 0.15) is 6.04 Å². The summed E-state index contributed by atoms with van der Waals surface area (Å²) in [6.45, 7) is 0. The summed E-state index contributed by atoms with van der Waals surface area (Å²) in [7, 11) is 1.07. The molecule has 0 aromatic carbocycles. The van der Waals surface area contributed by atoms with Crippen LogP contribution in [0.15, 0.2) is 0 Å². The van der Waals surface area contributed by atoms with Gasteiger partial charge in [-0.25, -0.2) is 0 Å². The van der Waals surface area contributed by atoms with Crippen molar-refractivity contribution in [3.8, 4) is 0 Å². The average molecular weight is 171 g/mol. The predicted octanol–water partition coefficient (Wildman–Crippen LogP) is 0.611. The molecule has 2 N–H and O–H groups in total. The zero-order valence-corrected chi connectivity index (χ0v) is 5.77. The third kappa shape index (κ3) is 3.82. The lowest BCUT2D eigenvalue weighted by Gasteiger charge is -2.16. The normalized spacial score (nSPS) is 14.5. The number of aliphatic carboxylic acids is 1. The molecule has 0 saturated heterocycles. The predicted molar refractivity (Wildman–Crippen MR) is 31.2 cm³/mol. The Kier molecular flexibility index (Phi) is 3.31. The van der Waals surface area contributed by atoms with Gasteiger partial charge < -0.3 is 10.4 Å². The van der Waals surface area contributed by atoms with E-state index in [1.807, 2.05) is 5.32 Å². The van der Waals surface area contributed by atoms with Crippen LogP contribution >= 0.6 is 0 Å². The summed E-state index contributed by atoms with van der Waals surface area (Å²) in [5.74, 6) is -1.47. The first-order valence-corrected chi connectivity index (χ1v) is 2.83. The van der Waals surface area contributed by atoms with E-state index in [9.17, 15) is 18.0 Å². The maximum absolute atomic E-state index is 11.8. The van der Waals surface area contributed by atoms with Gasteiger partial charge in [-0.15, -0.1) is 0 Å². The molecule has 0 fully saturated rings. The Morgan fingerprint density at radius 3 is 2.18 bits per heavy atom. The Labute approximate surface area is 61.2 Å². The van der Waals surface area contributed by atoms with Gasteiger partial charge in [-0.2, -0.15) is 13.2 Å². The van der Waals surface area contributed by atoms with Crippen molar-refractivity contribution in [2.45, 2.75) is 18.6 Å². The van der Waals surface area contributed by atoms with Crippen molar-refractivity contribution in [3.05, 3.63) is 0 Å². The number of alkyl halides is 3. The van der Waals surface area contributed by atoms with Gasteiger partial charge >= 0.3 is 12.1 Å². The lowest BCUT2D eigenvalue weighted by Crippen LogP contribution is -2.41. The van der Waals surface area contributed by atoms with Crippen LogP contribution in [0.25, 0.3) is 0 Å². The molecular formula is C5H8F3NO2. The van der Waals surface area contributed by atoms with Crippen molar-refractivity contribution < 1.29 is 23.1 Å². The Morgan fingerprint density at radius 2 is 2.09 bits per heavy atom. The highest BCUT2D eigenvalue weighted by Crippen LogP contribution is 2.21. The van der Waals surface area contributed by atoms with Crippen LogP contribution in [0.4, 0.5) is 13.2 Å². The van der Waals surface area contributed by atoms with Crippen LogP contribution in [0.5, 0.6) is 0 Å². The second-order valence-corrected chi connectivity index (χ2v) is 1.98. The quantitative estimate of drug-likeness (QED) is 0.654. The third-order valence-electron chi connectivity index (χ3n) is 1.12. The summed E-state index contributed by atoms with van der Waals surface area (Å²) in [4.78, 5) is 9.88. The highest BCUT2D eigenvalue weighted by atomic mass is 19.4. The van der Waals surface area contributed by atoms with Crippen LogP contribution in [0.3, 0.4) is 0 Å². The molecule has 0 aliphatic heterocycles. The minimum Gasteiger partial charge on any atom is -0.481 e. The molecule has 11 heavy (non-hydrogen) atoms. The topological polar surface area (TPSA) is 49.3 Å². The molecular weight excluding hydrogens is 163 g/mol. The molecule has 66 valence electrons. The molecule has 0 aliphatic carbocycles. The second kappa shape index (κ2) is 3.56. The Hall–Kier alpha value is -0.780. The van der Waals surface area contributed by atoms with E-state index in [1.165, 1.54) is 0 Å². The van der Waals surface area contributed by atoms with Crippen LogP contribution in [0.1, 0.15) is 6.42 Å². The van der Waals surface area contributed by atoms with Gasteiger partial charge in [-0.3, -0.25) is 4.79 Å². The number of halogens is 3. The van der Waals surface area contributed by atoms with E-state index in [2.05, 4.69) is 0 Å². The molecule has 0 amide bonds. The molecule has 0 aromatic heterocycles. The van der Waals surface area contributed by atoms with Crippen molar-refractivity contribution in [2.24, 2.45) is 0 Å². The fourth-order valence-corrected chi connectivity index (χ4v) is 0.556. The molecule has 0 spiro atoms. The number of carbonyl (C=O) groups is 1. The number of hydrogen-bond acceptors (Lipinski definition) is 2. The molecule has 0 aromatic rings. The standard InChI is InChI=1S/C5H8F3NO2/c1-9-3(2-4(10)11)5(6,7)8/h3,9H,2H2,1H3,(H,10,11). The van der Waals surface area contributed by atoms with E-state index in [-0.39, 0.29) is 0 Å². The zero-order valence-electron chi connectivity index (χ0n) is 5.77. The Bertz CT molecular complexity index is 145. The average Bonchev–Trinajstić information content (AvgIpc) is 1.79. The molecule has 3 nitrogen and oxygen atoms in total. The summed E-state index contributed by atoms with van der Waals surface area (Å²) in [6.07, 6.45) is -5.44. The first kappa shape index (κ1) is 10.2. The summed E-state index contributed by atoms with van der Waals surface area (Å²) in [5.41, 5.74) is 0. The van der Waals surface area contributed by atoms with Gasteiger partial charge in [-0.1, -0.05) is 0 Å². The maximum atomic E-state index is 11.8. The molecule has 1 atom stereocenters. The maximum Gasteiger partial charge on any atom is 0.404 e. The highest BCUT2D eigenvalue weighted by molar-refractivity contribution is 5.67. The fraction of sp³-hybridized carbons (Fsp3) is 0.800. The number of carboxylic acids is 1. The van der Waals surface area contributed by atoms with E-state index in [1.54, 1.807) is 0 Å². The molecule has 0 rings (SSSR count). The molecule has 6 heteroatoms. The van der Waals surface area contributed by atoms with Gasteiger partial charge in [0.2, 0.25) is 0 Å². The Morgan fingerprint density at radius 1 is 1.64 bits per heavy atom. The second-order valence-electron chi connectivity index (χ2n) is 1.98. The van der Waals surface area contributed by atoms with E-state index in [0.29, 0.717) is 0 Å². The molecule has 0 bridgehead atoms. The lowest BCUT2D eigenvalue weighted by molar-refractivity contribution is -0.166. The number of carboxylic acid groups (broad SMARTS) is 1. The summed E-state index contributed by atoms with van der Waals surface area (Å²) >= 11 is 0. The van der Waals surface area contributed by atoms with E-state index >= 15 is 0 Å². The summed E-state index contributed by atoms with van der Waals surface area (Å²) in [6, 6.07) is -1.96. The number of nitrogens with one attached hydrogen (secondary N) is 1. The van der Waals surface area contributed by atoms with Crippen molar-refractivity contribution in [3.63, 3.8) is 0 Å². The van der Waals surface area contributed by atoms with Crippen LogP contribution in [-0.4, -0.2) is 30.3 Å². The van der Waals surface area contributed by atoms with Gasteiger partial charge in [0.25, 0.3) is 0 Å². The first-order chi connectivity index (χ1) is 4.88. The largest absolute Gasteiger partial charge is 0.481 e. The van der Waals surface area contributed by atoms with Crippen LogP contribution in [0.2, 0.25) is 0 Å². The zero-order chi connectivity index (χ0) is 9.07. The highest BCUT2D eigenvalue weighted by Gasteiger charge is 2.39. The summed E-state index contributed by atoms with van der Waals surface area (Å²) in [5, 5.41) is 9.91. The number of hydrogen-bond donors (Lipinski definition) is 2. The molecule has 0 heterocycles. The number of rotatable bonds is 3. The monoisotopic (exact) mass is 171 g/mol. The fourth-order valence-electron chi connectivity index (χ4n) is 0.556. The lowest BCUT2D eigenvalue weighted by atomic mass is 10.2. The van der Waals surface area contributed by atoms with Gasteiger partial charge in [0, 0.05) is 0 Å². The van der Waals surface area contributed by atoms with E-state index < -0.39 is 24.6 Å². The van der Waals surface area contributed by atoms with Gasteiger partial charge in [0.05, 0.1) is 6.42 Å². The van der Waals surface area contributed by atoms with E-state index in [0.717, 1.165) is 7.05 Å². The van der Waals surface area contributed by atoms with E-state index in [4.69, 9.17) is 5.11 Å².